The lowest BCUT2D eigenvalue weighted by atomic mass is 10.2. The van der Waals surface area contributed by atoms with Gasteiger partial charge in [-0.1, -0.05) is 0 Å². The zero-order valence-electron chi connectivity index (χ0n) is 9.53. The van der Waals surface area contributed by atoms with Crippen molar-refractivity contribution in [3.63, 3.8) is 0 Å². The van der Waals surface area contributed by atoms with Gasteiger partial charge in [-0.3, -0.25) is 0 Å². The van der Waals surface area contributed by atoms with Crippen LogP contribution >= 0.6 is 67.8 Å². The number of halogens is 3. The molecule has 6 heteroatoms. The van der Waals surface area contributed by atoms with Gasteiger partial charge in [0.1, 0.15) is 11.5 Å². The third-order valence-electron chi connectivity index (χ3n) is 2.38. The maximum absolute atomic E-state index is 9.49. The SMILES string of the molecule is OCc1cc(I)c(Oc2ccc(O)c(I)c2)c(I)c1. The summed E-state index contributed by atoms with van der Waals surface area (Å²) in [4.78, 5) is 0. The minimum atomic E-state index is 0.0173. The summed E-state index contributed by atoms with van der Waals surface area (Å²) in [5, 5.41) is 18.7. The molecule has 3 nitrogen and oxygen atoms in total. The molecule has 2 aromatic carbocycles. The van der Waals surface area contributed by atoms with Crippen molar-refractivity contribution >= 4 is 67.8 Å². The molecule has 0 unspecified atom stereocenters. The summed E-state index contributed by atoms with van der Waals surface area (Å²) in [6.45, 7) is 0.0173. The average molecular weight is 594 g/mol. The van der Waals surface area contributed by atoms with Crippen LogP contribution in [0, 0.1) is 10.7 Å². The number of phenolic OH excluding ortho intramolecular Hbond substituents is 1. The molecule has 0 fully saturated rings. The quantitative estimate of drug-likeness (QED) is 0.516. The number of aliphatic hydroxyl groups excluding tert-OH is 1. The van der Waals surface area contributed by atoms with Crippen molar-refractivity contribution in [2.24, 2.45) is 0 Å². The van der Waals surface area contributed by atoms with E-state index in [1.807, 2.05) is 12.1 Å². The molecule has 0 saturated carbocycles. The van der Waals surface area contributed by atoms with Gasteiger partial charge in [-0.2, -0.15) is 0 Å². The van der Waals surface area contributed by atoms with Gasteiger partial charge in [-0.05, 0) is 104 Å². The molecule has 0 aliphatic carbocycles. The number of aromatic hydroxyl groups is 1. The van der Waals surface area contributed by atoms with Crippen molar-refractivity contribution in [1.29, 1.82) is 0 Å². The average Bonchev–Trinajstić information content (AvgIpc) is 2.37. The van der Waals surface area contributed by atoms with E-state index in [-0.39, 0.29) is 12.4 Å². The highest BCUT2D eigenvalue weighted by atomic mass is 127. The van der Waals surface area contributed by atoms with Gasteiger partial charge in [-0.15, -0.1) is 0 Å². The first-order chi connectivity index (χ1) is 9.01. The molecule has 0 spiro atoms. The first-order valence-electron chi connectivity index (χ1n) is 5.26. The van der Waals surface area contributed by atoms with E-state index in [4.69, 9.17) is 9.84 Å². The van der Waals surface area contributed by atoms with E-state index >= 15 is 0 Å². The second-order valence-corrected chi connectivity index (χ2v) is 7.25. The highest BCUT2D eigenvalue weighted by Crippen LogP contribution is 2.34. The van der Waals surface area contributed by atoms with E-state index in [9.17, 15) is 5.11 Å². The summed E-state index contributed by atoms with van der Waals surface area (Å²) < 4.78 is 8.49. The zero-order chi connectivity index (χ0) is 14.0. The molecule has 2 N–H and O–H groups in total. The van der Waals surface area contributed by atoms with Gasteiger partial charge in [0.2, 0.25) is 0 Å². The van der Waals surface area contributed by atoms with E-state index in [1.54, 1.807) is 18.2 Å². The number of benzene rings is 2. The summed E-state index contributed by atoms with van der Waals surface area (Å²) in [5.41, 5.74) is 0.862. The number of phenols is 1. The standard InChI is InChI=1S/C13H9I3O3/c14-9-5-8(1-2-12(9)18)19-13-10(15)3-7(6-17)4-11(13)16/h1-5,17-18H,6H2. The fraction of sp³-hybridized carbons (Fsp3) is 0.0769. The second-order valence-electron chi connectivity index (χ2n) is 3.76. The Morgan fingerprint density at radius 3 is 2.11 bits per heavy atom. The van der Waals surface area contributed by atoms with Crippen LogP contribution in [0.4, 0.5) is 0 Å². The van der Waals surface area contributed by atoms with E-state index in [0.717, 1.165) is 22.0 Å². The Labute approximate surface area is 151 Å². The first-order valence-corrected chi connectivity index (χ1v) is 8.50. The number of ether oxygens (including phenoxy) is 1. The predicted molar refractivity (Wildman–Crippen MR) is 98.7 cm³/mol. The Bertz CT molecular complexity index is 591. The zero-order valence-corrected chi connectivity index (χ0v) is 16.0. The summed E-state index contributed by atoms with van der Waals surface area (Å²) in [6.07, 6.45) is 0. The van der Waals surface area contributed by atoms with Gasteiger partial charge in [0.05, 0.1) is 17.3 Å². The molecule has 19 heavy (non-hydrogen) atoms. The third kappa shape index (κ3) is 3.85. The summed E-state index contributed by atoms with van der Waals surface area (Å²) in [6, 6.07) is 8.90. The number of aliphatic hydroxyl groups is 1. The fourth-order valence-corrected chi connectivity index (χ4v) is 4.07. The number of hydrogen-bond donors (Lipinski definition) is 2. The van der Waals surface area contributed by atoms with Crippen LogP contribution in [0.25, 0.3) is 0 Å². The lowest BCUT2D eigenvalue weighted by Crippen LogP contribution is -1.94. The highest BCUT2D eigenvalue weighted by Gasteiger charge is 2.10. The summed E-state index contributed by atoms with van der Waals surface area (Å²) in [5.74, 6) is 1.68. The first kappa shape index (κ1) is 15.6. The molecule has 0 aliphatic heterocycles. The molecule has 0 radical (unpaired) electrons. The van der Waals surface area contributed by atoms with E-state index in [1.165, 1.54) is 0 Å². The van der Waals surface area contributed by atoms with Crippen LogP contribution in [0.3, 0.4) is 0 Å². The van der Waals surface area contributed by atoms with Gasteiger partial charge in [0.25, 0.3) is 0 Å². The molecule has 100 valence electrons. The molecular weight excluding hydrogens is 585 g/mol. The molecule has 0 heterocycles. The van der Waals surface area contributed by atoms with Crippen molar-refractivity contribution < 1.29 is 14.9 Å². The lowest BCUT2D eigenvalue weighted by Gasteiger charge is -2.12. The molecule has 0 aromatic heterocycles. The summed E-state index contributed by atoms with van der Waals surface area (Å²) >= 11 is 6.42. The van der Waals surface area contributed by atoms with Crippen LogP contribution in [0.2, 0.25) is 0 Å². The van der Waals surface area contributed by atoms with Crippen LogP contribution in [-0.2, 0) is 6.61 Å². The molecule has 0 bridgehead atoms. The van der Waals surface area contributed by atoms with Crippen molar-refractivity contribution in [2.75, 3.05) is 0 Å². The number of rotatable bonds is 3. The third-order valence-corrected chi connectivity index (χ3v) is 4.85. The van der Waals surface area contributed by atoms with Gasteiger partial charge in [0, 0.05) is 0 Å². The molecule has 0 aliphatic rings. The van der Waals surface area contributed by atoms with E-state index in [2.05, 4.69) is 67.8 Å². The Balaban J connectivity index is 2.35. The Kier molecular flexibility index (Phi) is 5.55. The number of hydrogen-bond acceptors (Lipinski definition) is 3. The highest BCUT2D eigenvalue weighted by molar-refractivity contribution is 14.1. The van der Waals surface area contributed by atoms with Crippen LogP contribution in [-0.4, -0.2) is 10.2 Å². The van der Waals surface area contributed by atoms with E-state index in [0.29, 0.717) is 5.75 Å². The Morgan fingerprint density at radius 2 is 1.58 bits per heavy atom. The van der Waals surface area contributed by atoms with Crippen molar-refractivity contribution in [1.82, 2.24) is 0 Å². The Morgan fingerprint density at radius 1 is 0.947 bits per heavy atom. The van der Waals surface area contributed by atoms with Gasteiger partial charge in [-0.25, -0.2) is 0 Å². The summed E-state index contributed by atoms with van der Waals surface area (Å²) in [7, 11) is 0. The van der Waals surface area contributed by atoms with Gasteiger partial charge in [0.15, 0.2) is 5.75 Å². The maximum atomic E-state index is 9.49. The van der Waals surface area contributed by atoms with Crippen molar-refractivity contribution in [2.45, 2.75) is 6.61 Å². The predicted octanol–water partition coefficient (Wildman–Crippen LogP) is 4.49. The monoisotopic (exact) mass is 594 g/mol. The molecule has 0 saturated heterocycles. The van der Waals surface area contributed by atoms with Gasteiger partial charge >= 0.3 is 0 Å². The molecule has 2 rings (SSSR count). The minimum Gasteiger partial charge on any atom is -0.507 e. The lowest BCUT2D eigenvalue weighted by molar-refractivity contribution is 0.281. The molecule has 2 aromatic rings. The molecular formula is C13H9I3O3. The van der Waals surface area contributed by atoms with Crippen LogP contribution in [0.5, 0.6) is 17.2 Å². The second kappa shape index (κ2) is 6.76. The Hall–Kier alpha value is 0.190. The molecule has 0 amide bonds. The van der Waals surface area contributed by atoms with Crippen molar-refractivity contribution in [3.05, 3.63) is 46.6 Å². The smallest absolute Gasteiger partial charge is 0.154 e. The van der Waals surface area contributed by atoms with Crippen molar-refractivity contribution in [3.8, 4) is 17.2 Å². The van der Waals surface area contributed by atoms with Crippen LogP contribution in [0.15, 0.2) is 30.3 Å². The largest absolute Gasteiger partial charge is 0.507 e. The van der Waals surface area contributed by atoms with Gasteiger partial charge < -0.3 is 14.9 Å². The van der Waals surface area contributed by atoms with Crippen LogP contribution < -0.4 is 4.74 Å². The minimum absolute atomic E-state index is 0.0173. The van der Waals surface area contributed by atoms with E-state index < -0.39 is 0 Å². The van der Waals surface area contributed by atoms with Crippen LogP contribution in [0.1, 0.15) is 5.56 Å². The fourth-order valence-electron chi connectivity index (χ4n) is 1.47. The molecule has 0 atom stereocenters. The normalized spacial score (nSPS) is 10.5. The topological polar surface area (TPSA) is 49.7 Å². The maximum Gasteiger partial charge on any atom is 0.154 e.